The second-order valence-electron chi connectivity index (χ2n) is 6.37. The van der Waals surface area contributed by atoms with E-state index in [0.717, 1.165) is 22.2 Å². The van der Waals surface area contributed by atoms with E-state index >= 15 is 0 Å². The van der Waals surface area contributed by atoms with Crippen molar-refractivity contribution in [2.45, 2.75) is 12.0 Å². The van der Waals surface area contributed by atoms with Crippen LogP contribution in [0.5, 0.6) is 0 Å². The van der Waals surface area contributed by atoms with Crippen molar-refractivity contribution >= 4 is 11.0 Å². The summed E-state index contributed by atoms with van der Waals surface area (Å²) in [6.45, 7) is 0. The standard InChI is InChI=1S/C22H20N2O/c1-24-20-15-9-8-14-19(20)23-21(24)22(25,18-12-6-3-7-13-18)16-17-10-4-2-5-11-17/h2-15,25H,16H2,1H3. The van der Waals surface area contributed by atoms with Gasteiger partial charge in [0.1, 0.15) is 5.82 Å². The highest BCUT2D eigenvalue weighted by molar-refractivity contribution is 5.76. The van der Waals surface area contributed by atoms with Crippen LogP contribution in [0, 0.1) is 0 Å². The maximum Gasteiger partial charge on any atom is 0.151 e. The number of imidazole rings is 1. The average molecular weight is 328 g/mol. The van der Waals surface area contributed by atoms with Crippen LogP contribution in [0.15, 0.2) is 84.9 Å². The van der Waals surface area contributed by atoms with Gasteiger partial charge in [-0.15, -0.1) is 0 Å². The van der Waals surface area contributed by atoms with Crippen LogP contribution in [0.25, 0.3) is 11.0 Å². The van der Waals surface area contributed by atoms with Crippen LogP contribution in [0.2, 0.25) is 0 Å². The fraction of sp³-hybridized carbons (Fsp3) is 0.136. The van der Waals surface area contributed by atoms with Gasteiger partial charge >= 0.3 is 0 Å². The van der Waals surface area contributed by atoms with E-state index in [1.165, 1.54) is 0 Å². The highest BCUT2D eigenvalue weighted by Crippen LogP contribution is 2.34. The Bertz CT molecular complexity index is 992. The highest BCUT2D eigenvalue weighted by Gasteiger charge is 2.36. The van der Waals surface area contributed by atoms with Gasteiger partial charge in [-0.05, 0) is 23.3 Å². The molecule has 0 bridgehead atoms. The van der Waals surface area contributed by atoms with Crippen molar-refractivity contribution in [1.82, 2.24) is 9.55 Å². The van der Waals surface area contributed by atoms with Crippen LogP contribution in [-0.4, -0.2) is 14.7 Å². The zero-order chi connectivity index (χ0) is 17.3. The lowest BCUT2D eigenvalue weighted by Gasteiger charge is -2.28. The predicted octanol–water partition coefficient (Wildman–Crippen LogP) is 4.05. The van der Waals surface area contributed by atoms with Gasteiger partial charge in [0.2, 0.25) is 0 Å². The van der Waals surface area contributed by atoms with Crippen molar-refractivity contribution in [1.29, 1.82) is 0 Å². The minimum Gasteiger partial charge on any atom is -0.377 e. The zero-order valence-corrected chi connectivity index (χ0v) is 14.1. The minimum atomic E-state index is -1.20. The van der Waals surface area contributed by atoms with Gasteiger partial charge in [-0.25, -0.2) is 4.98 Å². The first-order valence-electron chi connectivity index (χ1n) is 8.42. The molecule has 1 unspecified atom stereocenters. The molecule has 0 aliphatic heterocycles. The lowest BCUT2D eigenvalue weighted by molar-refractivity contribution is 0.0690. The van der Waals surface area contributed by atoms with Crippen LogP contribution < -0.4 is 0 Å². The number of aliphatic hydroxyl groups is 1. The smallest absolute Gasteiger partial charge is 0.151 e. The number of aromatic nitrogens is 2. The molecule has 3 aromatic carbocycles. The molecule has 0 spiro atoms. The summed E-state index contributed by atoms with van der Waals surface area (Å²) in [5.41, 5.74) is 2.62. The number of nitrogens with zero attached hydrogens (tertiary/aromatic N) is 2. The van der Waals surface area contributed by atoms with E-state index in [1.807, 2.05) is 96.5 Å². The maximum absolute atomic E-state index is 11.8. The molecule has 0 radical (unpaired) electrons. The van der Waals surface area contributed by atoms with Gasteiger partial charge in [-0.2, -0.15) is 0 Å². The molecule has 124 valence electrons. The fourth-order valence-corrected chi connectivity index (χ4v) is 3.43. The average Bonchev–Trinajstić information content (AvgIpc) is 3.01. The Hall–Kier alpha value is -2.91. The van der Waals surface area contributed by atoms with Crippen molar-refractivity contribution in [3.8, 4) is 0 Å². The third-order valence-corrected chi connectivity index (χ3v) is 4.71. The summed E-state index contributed by atoms with van der Waals surface area (Å²) in [6.07, 6.45) is 0.467. The molecule has 3 nitrogen and oxygen atoms in total. The third-order valence-electron chi connectivity index (χ3n) is 4.71. The van der Waals surface area contributed by atoms with Crippen molar-refractivity contribution in [2.24, 2.45) is 7.05 Å². The summed E-state index contributed by atoms with van der Waals surface area (Å²) in [4.78, 5) is 4.77. The molecular weight excluding hydrogens is 308 g/mol. The van der Waals surface area contributed by atoms with Crippen molar-refractivity contribution < 1.29 is 5.11 Å². The molecule has 1 N–H and O–H groups in total. The van der Waals surface area contributed by atoms with E-state index in [0.29, 0.717) is 12.2 Å². The summed E-state index contributed by atoms with van der Waals surface area (Å²) in [7, 11) is 1.96. The topological polar surface area (TPSA) is 38.0 Å². The lowest BCUT2D eigenvalue weighted by Crippen LogP contribution is -2.33. The molecule has 1 heterocycles. The molecule has 4 rings (SSSR count). The fourth-order valence-electron chi connectivity index (χ4n) is 3.43. The van der Waals surface area contributed by atoms with Gasteiger partial charge in [0, 0.05) is 13.5 Å². The molecule has 3 heteroatoms. The molecule has 0 amide bonds. The SMILES string of the molecule is Cn1c(C(O)(Cc2ccccc2)c2ccccc2)nc2ccccc21. The van der Waals surface area contributed by atoms with Gasteiger partial charge in [-0.1, -0.05) is 72.8 Å². The van der Waals surface area contributed by atoms with Crippen molar-refractivity contribution in [3.63, 3.8) is 0 Å². The number of aryl methyl sites for hydroxylation is 1. The van der Waals surface area contributed by atoms with Gasteiger partial charge in [0.05, 0.1) is 11.0 Å². The lowest BCUT2D eigenvalue weighted by atomic mass is 9.86. The number of hydrogen-bond donors (Lipinski definition) is 1. The van der Waals surface area contributed by atoms with E-state index in [2.05, 4.69) is 0 Å². The molecule has 1 aromatic heterocycles. The number of benzene rings is 3. The second kappa shape index (κ2) is 6.19. The molecule has 0 saturated carbocycles. The molecule has 25 heavy (non-hydrogen) atoms. The van der Waals surface area contributed by atoms with Crippen molar-refractivity contribution in [2.75, 3.05) is 0 Å². The highest BCUT2D eigenvalue weighted by atomic mass is 16.3. The van der Waals surface area contributed by atoms with Crippen LogP contribution >= 0.6 is 0 Å². The van der Waals surface area contributed by atoms with Crippen LogP contribution in [0.4, 0.5) is 0 Å². The first kappa shape index (κ1) is 15.6. The molecule has 1 atom stereocenters. The Morgan fingerprint density at radius 1 is 0.840 bits per heavy atom. The number of rotatable bonds is 4. The first-order valence-corrected chi connectivity index (χ1v) is 8.42. The molecule has 0 fully saturated rings. The quantitative estimate of drug-likeness (QED) is 0.614. The van der Waals surface area contributed by atoms with Gasteiger partial charge in [0.25, 0.3) is 0 Å². The molecule has 0 aliphatic rings. The predicted molar refractivity (Wildman–Crippen MR) is 100 cm³/mol. The van der Waals surface area contributed by atoms with E-state index in [4.69, 9.17) is 4.98 Å². The number of hydrogen-bond acceptors (Lipinski definition) is 2. The second-order valence-corrected chi connectivity index (χ2v) is 6.37. The van der Waals surface area contributed by atoms with Crippen molar-refractivity contribution in [3.05, 3.63) is 102 Å². The summed E-state index contributed by atoms with van der Waals surface area (Å²) >= 11 is 0. The van der Waals surface area contributed by atoms with E-state index < -0.39 is 5.60 Å². The molecule has 0 aliphatic carbocycles. The summed E-state index contributed by atoms with van der Waals surface area (Å²) in [5.74, 6) is 0.656. The Labute approximate surface area is 147 Å². The number of fused-ring (bicyclic) bond motifs is 1. The van der Waals surface area contributed by atoms with Crippen LogP contribution in [-0.2, 0) is 19.1 Å². The largest absolute Gasteiger partial charge is 0.377 e. The van der Waals surface area contributed by atoms with Gasteiger partial charge < -0.3 is 9.67 Å². The van der Waals surface area contributed by atoms with Crippen LogP contribution in [0.1, 0.15) is 17.0 Å². The third kappa shape index (κ3) is 2.73. The van der Waals surface area contributed by atoms with E-state index in [1.54, 1.807) is 0 Å². The molecule has 0 saturated heterocycles. The monoisotopic (exact) mass is 328 g/mol. The van der Waals surface area contributed by atoms with Crippen LogP contribution in [0.3, 0.4) is 0 Å². The van der Waals surface area contributed by atoms with E-state index in [9.17, 15) is 5.11 Å². The Balaban J connectivity index is 1.92. The summed E-state index contributed by atoms with van der Waals surface area (Å²) in [6, 6.07) is 27.8. The molecule has 4 aromatic rings. The van der Waals surface area contributed by atoms with Gasteiger partial charge in [-0.3, -0.25) is 0 Å². The molecular formula is C22H20N2O. The Morgan fingerprint density at radius 2 is 1.44 bits per heavy atom. The normalized spacial score (nSPS) is 13.7. The Kier molecular flexibility index (Phi) is 3.86. The van der Waals surface area contributed by atoms with Gasteiger partial charge in [0.15, 0.2) is 5.60 Å². The van der Waals surface area contributed by atoms with E-state index in [-0.39, 0.29) is 0 Å². The Morgan fingerprint density at radius 3 is 2.12 bits per heavy atom. The summed E-state index contributed by atoms with van der Waals surface area (Å²) in [5, 5.41) is 11.8. The first-order chi connectivity index (χ1) is 12.2. The summed E-state index contributed by atoms with van der Waals surface area (Å²) < 4.78 is 1.99. The number of para-hydroxylation sites is 2. The zero-order valence-electron chi connectivity index (χ0n) is 14.1. The minimum absolute atomic E-state index is 0.467. The maximum atomic E-state index is 11.8.